The SMILES string of the molecule is Cl.NCC1CCN(Cc2cc(Cl)cc(C(F)(F)F)c2)C1. The fourth-order valence-corrected chi connectivity index (χ4v) is 2.67. The summed E-state index contributed by atoms with van der Waals surface area (Å²) in [5, 5.41) is 0.124. The van der Waals surface area contributed by atoms with E-state index in [2.05, 4.69) is 4.90 Å². The molecule has 1 aliphatic rings. The van der Waals surface area contributed by atoms with E-state index in [1.165, 1.54) is 6.07 Å². The molecule has 0 aromatic heterocycles. The molecule has 7 heteroatoms. The molecule has 0 radical (unpaired) electrons. The lowest BCUT2D eigenvalue weighted by Gasteiger charge is -2.17. The summed E-state index contributed by atoms with van der Waals surface area (Å²) >= 11 is 5.76. The first-order valence-electron chi connectivity index (χ1n) is 6.17. The molecule has 1 saturated heterocycles. The molecule has 20 heavy (non-hydrogen) atoms. The van der Waals surface area contributed by atoms with Crippen LogP contribution in [-0.2, 0) is 12.7 Å². The summed E-state index contributed by atoms with van der Waals surface area (Å²) in [6.45, 7) is 2.82. The van der Waals surface area contributed by atoms with Gasteiger partial charge in [0, 0.05) is 18.1 Å². The Hall–Kier alpha value is -0.490. The molecule has 1 aromatic carbocycles. The van der Waals surface area contributed by atoms with Gasteiger partial charge in [-0.15, -0.1) is 12.4 Å². The highest BCUT2D eigenvalue weighted by Crippen LogP contribution is 2.32. The van der Waals surface area contributed by atoms with Crippen LogP contribution in [0, 0.1) is 5.92 Å². The minimum atomic E-state index is -4.36. The van der Waals surface area contributed by atoms with Gasteiger partial charge < -0.3 is 5.73 Å². The smallest absolute Gasteiger partial charge is 0.330 e. The monoisotopic (exact) mass is 328 g/mol. The van der Waals surface area contributed by atoms with Gasteiger partial charge in [-0.25, -0.2) is 0 Å². The molecule has 1 aromatic rings. The third-order valence-corrected chi connectivity index (χ3v) is 3.61. The fraction of sp³-hybridized carbons (Fsp3) is 0.538. The van der Waals surface area contributed by atoms with Crippen molar-refractivity contribution in [3.05, 3.63) is 34.3 Å². The van der Waals surface area contributed by atoms with E-state index in [9.17, 15) is 13.2 Å². The number of likely N-dealkylation sites (tertiary alicyclic amines) is 1. The minimum absolute atomic E-state index is 0. The first-order chi connectivity index (χ1) is 8.88. The van der Waals surface area contributed by atoms with E-state index in [0.717, 1.165) is 25.6 Å². The van der Waals surface area contributed by atoms with Crippen molar-refractivity contribution in [1.82, 2.24) is 4.90 Å². The van der Waals surface area contributed by atoms with Crippen LogP contribution in [0.2, 0.25) is 5.02 Å². The third kappa shape index (κ3) is 4.52. The summed E-state index contributed by atoms with van der Waals surface area (Å²) in [7, 11) is 0. The number of nitrogens with two attached hydrogens (primary N) is 1. The molecule has 1 fully saturated rings. The average molecular weight is 329 g/mol. The Kier molecular flexibility index (Phi) is 6.13. The summed E-state index contributed by atoms with van der Waals surface area (Å²) in [5.41, 5.74) is 5.50. The first-order valence-corrected chi connectivity index (χ1v) is 6.55. The summed E-state index contributed by atoms with van der Waals surface area (Å²) in [6, 6.07) is 3.71. The molecule has 2 N–H and O–H groups in total. The minimum Gasteiger partial charge on any atom is -0.330 e. The summed E-state index contributed by atoms with van der Waals surface area (Å²) in [6.07, 6.45) is -3.35. The van der Waals surface area contributed by atoms with Crippen LogP contribution in [0.5, 0.6) is 0 Å². The molecule has 0 aliphatic carbocycles. The molecule has 114 valence electrons. The predicted octanol–water partition coefficient (Wildman–Crippen LogP) is 3.56. The predicted molar refractivity (Wildman–Crippen MR) is 76.1 cm³/mol. The maximum atomic E-state index is 12.7. The van der Waals surface area contributed by atoms with E-state index in [0.29, 0.717) is 24.6 Å². The molecule has 0 bridgehead atoms. The maximum absolute atomic E-state index is 12.7. The van der Waals surface area contributed by atoms with Crippen LogP contribution in [0.15, 0.2) is 18.2 Å². The van der Waals surface area contributed by atoms with E-state index in [1.54, 1.807) is 6.07 Å². The van der Waals surface area contributed by atoms with Crippen LogP contribution in [0.25, 0.3) is 0 Å². The highest BCUT2D eigenvalue weighted by atomic mass is 35.5. The second-order valence-corrected chi connectivity index (χ2v) is 5.41. The van der Waals surface area contributed by atoms with E-state index in [-0.39, 0.29) is 17.4 Å². The number of benzene rings is 1. The van der Waals surface area contributed by atoms with Crippen LogP contribution in [0.3, 0.4) is 0 Å². The third-order valence-electron chi connectivity index (χ3n) is 3.39. The van der Waals surface area contributed by atoms with Crippen LogP contribution < -0.4 is 5.73 Å². The average Bonchev–Trinajstić information content (AvgIpc) is 2.75. The Morgan fingerprint density at radius 1 is 1.30 bits per heavy atom. The van der Waals surface area contributed by atoms with Crippen LogP contribution >= 0.6 is 24.0 Å². The standard InChI is InChI=1S/C13H16ClF3N2.ClH/c14-12-4-10(3-11(5-12)13(15,16)17)8-19-2-1-9(6-18)7-19;/h3-5,9H,1-2,6-8,18H2;1H. The molecule has 2 nitrogen and oxygen atoms in total. The maximum Gasteiger partial charge on any atom is 0.416 e. The largest absolute Gasteiger partial charge is 0.416 e. The molecule has 1 aliphatic heterocycles. The van der Waals surface area contributed by atoms with Gasteiger partial charge in [0.25, 0.3) is 0 Å². The Morgan fingerprint density at radius 3 is 2.55 bits per heavy atom. The van der Waals surface area contributed by atoms with Crippen LogP contribution in [-0.4, -0.2) is 24.5 Å². The lowest BCUT2D eigenvalue weighted by Crippen LogP contribution is -2.23. The zero-order chi connectivity index (χ0) is 14.0. The van der Waals surface area contributed by atoms with Crippen molar-refractivity contribution in [3.63, 3.8) is 0 Å². The van der Waals surface area contributed by atoms with Gasteiger partial charge in [-0.3, -0.25) is 4.90 Å². The van der Waals surface area contributed by atoms with Crippen molar-refractivity contribution in [2.24, 2.45) is 11.7 Å². The molecule has 1 atom stereocenters. The Morgan fingerprint density at radius 2 is 2.00 bits per heavy atom. The van der Waals surface area contributed by atoms with E-state index in [4.69, 9.17) is 17.3 Å². The second-order valence-electron chi connectivity index (χ2n) is 4.97. The van der Waals surface area contributed by atoms with E-state index < -0.39 is 11.7 Å². The normalized spacial score (nSPS) is 19.9. The topological polar surface area (TPSA) is 29.3 Å². The molecule has 1 unspecified atom stereocenters. The van der Waals surface area contributed by atoms with Crippen LogP contribution in [0.1, 0.15) is 17.5 Å². The number of rotatable bonds is 3. The van der Waals surface area contributed by atoms with Crippen molar-refractivity contribution >= 4 is 24.0 Å². The molecule has 0 spiro atoms. The molecular weight excluding hydrogens is 312 g/mol. The number of alkyl halides is 3. The van der Waals surface area contributed by atoms with Crippen molar-refractivity contribution < 1.29 is 13.2 Å². The second kappa shape index (κ2) is 6.98. The lowest BCUT2D eigenvalue weighted by molar-refractivity contribution is -0.137. The molecular formula is C13H17Cl2F3N2. The van der Waals surface area contributed by atoms with Gasteiger partial charge in [0.15, 0.2) is 0 Å². The molecule has 2 rings (SSSR count). The van der Waals surface area contributed by atoms with Gasteiger partial charge in [-0.05, 0) is 49.2 Å². The van der Waals surface area contributed by atoms with E-state index in [1.807, 2.05) is 0 Å². The Bertz CT molecular complexity index is 452. The fourth-order valence-electron chi connectivity index (χ4n) is 2.41. The van der Waals surface area contributed by atoms with Crippen molar-refractivity contribution in [2.45, 2.75) is 19.1 Å². The quantitative estimate of drug-likeness (QED) is 0.919. The van der Waals surface area contributed by atoms with Gasteiger partial charge in [-0.1, -0.05) is 11.6 Å². The van der Waals surface area contributed by atoms with Gasteiger partial charge in [-0.2, -0.15) is 13.2 Å². The van der Waals surface area contributed by atoms with Crippen molar-refractivity contribution in [2.75, 3.05) is 19.6 Å². The zero-order valence-electron chi connectivity index (χ0n) is 10.8. The number of hydrogen-bond donors (Lipinski definition) is 1. The van der Waals surface area contributed by atoms with E-state index >= 15 is 0 Å². The number of halogens is 5. The number of nitrogens with zero attached hydrogens (tertiary/aromatic N) is 1. The zero-order valence-corrected chi connectivity index (χ0v) is 12.4. The van der Waals surface area contributed by atoms with Gasteiger partial charge in [0.05, 0.1) is 5.56 Å². The van der Waals surface area contributed by atoms with Crippen molar-refractivity contribution in [3.8, 4) is 0 Å². The molecule has 0 saturated carbocycles. The highest BCUT2D eigenvalue weighted by Gasteiger charge is 2.31. The molecule has 1 heterocycles. The highest BCUT2D eigenvalue weighted by molar-refractivity contribution is 6.30. The Labute approximate surface area is 127 Å². The van der Waals surface area contributed by atoms with Gasteiger partial charge >= 0.3 is 6.18 Å². The van der Waals surface area contributed by atoms with Crippen molar-refractivity contribution in [1.29, 1.82) is 0 Å². The first kappa shape index (κ1) is 17.6. The lowest BCUT2D eigenvalue weighted by atomic mass is 10.1. The van der Waals surface area contributed by atoms with Gasteiger partial charge in [0.1, 0.15) is 0 Å². The number of hydrogen-bond acceptors (Lipinski definition) is 2. The molecule has 0 amide bonds. The van der Waals surface area contributed by atoms with Crippen LogP contribution in [0.4, 0.5) is 13.2 Å². The summed E-state index contributed by atoms with van der Waals surface area (Å²) in [4.78, 5) is 2.11. The summed E-state index contributed by atoms with van der Waals surface area (Å²) < 4.78 is 38.1. The Balaban J connectivity index is 0.00000200. The van der Waals surface area contributed by atoms with Gasteiger partial charge in [0.2, 0.25) is 0 Å². The summed E-state index contributed by atoms with van der Waals surface area (Å²) in [5.74, 6) is 0.446.